The Kier molecular flexibility index (Phi) is 4.53. The Balaban J connectivity index is 2.37. The highest BCUT2D eigenvalue weighted by Crippen LogP contribution is 2.22. The Morgan fingerprint density at radius 3 is 2.33 bits per heavy atom. The summed E-state index contributed by atoms with van der Waals surface area (Å²) in [5, 5.41) is 0. The Labute approximate surface area is 127 Å². The van der Waals surface area contributed by atoms with Crippen molar-refractivity contribution in [2.75, 3.05) is 4.72 Å². The Morgan fingerprint density at radius 1 is 1.14 bits per heavy atom. The zero-order valence-corrected chi connectivity index (χ0v) is 13.4. The number of carbonyl (C=O) groups excluding carboxylic acids is 1. The lowest BCUT2D eigenvalue weighted by molar-refractivity contribution is 0.101. The van der Waals surface area contributed by atoms with Gasteiger partial charge in [-0.3, -0.25) is 9.78 Å². The van der Waals surface area contributed by atoms with Crippen LogP contribution < -0.4 is 4.72 Å². The van der Waals surface area contributed by atoms with Gasteiger partial charge in [0.1, 0.15) is 11.0 Å². The molecule has 0 saturated heterocycles. The van der Waals surface area contributed by atoms with Gasteiger partial charge in [0.15, 0.2) is 5.78 Å². The molecule has 0 amide bonds. The van der Waals surface area contributed by atoms with Gasteiger partial charge >= 0.3 is 0 Å². The highest BCUT2D eigenvalue weighted by atomic mass is 32.2. The van der Waals surface area contributed by atoms with Gasteiger partial charge in [0, 0.05) is 5.69 Å². The van der Waals surface area contributed by atoms with Crippen LogP contribution in [0.2, 0.25) is 0 Å². The fourth-order valence-corrected chi connectivity index (χ4v) is 3.04. The predicted molar refractivity (Wildman–Crippen MR) is 84.9 cm³/mol. The molecular weight excluding hydrogens is 284 g/mol. The summed E-state index contributed by atoms with van der Waals surface area (Å²) < 4.78 is 15.3. The summed E-state index contributed by atoms with van der Waals surface area (Å²) in [7, 11) is -1.42. The Hall–Kier alpha value is -2.01. The quantitative estimate of drug-likeness (QED) is 0.881. The number of aryl methyl sites for hydroxylation is 3. The summed E-state index contributed by atoms with van der Waals surface area (Å²) in [6.07, 6.45) is 0. The number of nitrogens with zero attached hydrogens (tertiary/aromatic N) is 1. The van der Waals surface area contributed by atoms with Crippen LogP contribution in [-0.4, -0.2) is 15.0 Å². The van der Waals surface area contributed by atoms with E-state index >= 15 is 0 Å². The molecule has 0 bridgehead atoms. The normalized spacial score (nSPS) is 12.0. The van der Waals surface area contributed by atoms with E-state index in [0.717, 1.165) is 11.3 Å². The van der Waals surface area contributed by atoms with Crippen LogP contribution in [0.25, 0.3) is 0 Å². The minimum Gasteiger partial charge on any atom is -0.300 e. The van der Waals surface area contributed by atoms with Gasteiger partial charge in [-0.05, 0) is 45.9 Å². The monoisotopic (exact) mass is 302 g/mol. The first-order valence-electron chi connectivity index (χ1n) is 6.62. The number of carbonyl (C=O) groups is 1. The lowest BCUT2D eigenvalue weighted by atomic mass is 10.1. The number of benzene rings is 1. The van der Waals surface area contributed by atoms with Crippen molar-refractivity contribution in [3.63, 3.8) is 0 Å². The maximum Gasteiger partial charge on any atom is 0.163 e. The van der Waals surface area contributed by atoms with Crippen LogP contribution in [0.4, 0.5) is 5.69 Å². The lowest BCUT2D eigenvalue weighted by Gasteiger charge is -2.13. The average molecular weight is 302 g/mol. The SMILES string of the molecule is CC(=O)c1c(NS(=O)c2ccc(C)cc2)cc(C)nc1C. The Bertz CT molecular complexity index is 709. The summed E-state index contributed by atoms with van der Waals surface area (Å²) in [6.45, 7) is 7.09. The molecule has 1 atom stereocenters. The highest BCUT2D eigenvalue weighted by molar-refractivity contribution is 7.86. The molecule has 4 nitrogen and oxygen atoms in total. The van der Waals surface area contributed by atoms with Crippen molar-refractivity contribution in [3.05, 3.63) is 52.8 Å². The fourth-order valence-electron chi connectivity index (χ4n) is 2.17. The standard InChI is InChI=1S/C16H18N2O2S/c1-10-5-7-14(8-6-10)21(20)18-15-9-11(2)17-12(3)16(15)13(4)19/h5-9H,1-4H3,(H,17,18). The van der Waals surface area contributed by atoms with E-state index in [4.69, 9.17) is 0 Å². The zero-order valence-electron chi connectivity index (χ0n) is 12.6. The fraction of sp³-hybridized carbons (Fsp3) is 0.250. The minimum atomic E-state index is -1.42. The third-order valence-electron chi connectivity index (χ3n) is 3.12. The highest BCUT2D eigenvalue weighted by Gasteiger charge is 2.15. The number of rotatable bonds is 4. The number of nitrogens with one attached hydrogen (secondary N) is 1. The molecule has 0 spiro atoms. The molecule has 2 aromatic rings. The van der Waals surface area contributed by atoms with Crippen molar-refractivity contribution in [3.8, 4) is 0 Å². The molecule has 0 aliphatic heterocycles. The van der Waals surface area contributed by atoms with Crippen LogP contribution in [-0.2, 0) is 11.0 Å². The van der Waals surface area contributed by atoms with Gasteiger partial charge in [0.2, 0.25) is 0 Å². The zero-order chi connectivity index (χ0) is 15.6. The van der Waals surface area contributed by atoms with Crippen molar-refractivity contribution in [1.82, 2.24) is 4.98 Å². The summed E-state index contributed by atoms with van der Waals surface area (Å²) in [4.78, 5) is 16.7. The summed E-state index contributed by atoms with van der Waals surface area (Å²) in [6, 6.07) is 9.18. The molecule has 2 rings (SSSR count). The van der Waals surface area contributed by atoms with Gasteiger partial charge in [-0.1, -0.05) is 17.7 Å². The smallest absolute Gasteiger partial charge is 0.163 e. The summed E-state index contributed by atoms with van der Waals surface area (Å²) in [5.41, 5.74) is 3.58. The lowest BCUT2D eigenvalue weighted by Crippen LogP contribution is -2.11. The molecule has 21 heavy (non-hydrogen) atoms. The van der Waals surface area contributed by atoms with E-state index in [1.807, 2.05) is 38.1 Å². The number of hydrogen-bond acceptors (Lipinski definition) is 3. The van der Waals surface area contributed by atoms with Crippen molar-refractivity contribution in [2.45, 2.75) is 32.6 Å². The number of ketones is 1. The molecule has 1 aromatic carbocycles. The second kappa shape index (κ2) is 6.18. The average Bonchev–Trinajstić information content (AvgIpc) is 2.37. The maximum atomic E-state index is 12.4. The second-order valence-corrected chi connectivity index (χ2v) is 6.22. The Morgan fingerprint density at radius 2 is 1.76 bits per heavy atom. The molecule has 0 saturated carbocycles. The molecule has 5 heteroatoms. The van der Waals surface area contributed by atoms with E-state index in [1.54, 1.807) is 13.0 Å². The van der Waals surface area contributed by atoms with Gasteiger partial charge in [-0.2, -0.15) is 0 Å². The van der Waals surface area contributed by atoms with Crippen LogP contribution in [0.1, 0.15) is 34.2 Å². The van der Waals surface area contributed by atoms with Gasteiger partial charge in [-0.25, -0.2) is 4.21 Å². The molecule has 0 aliphatic carbocycles. The van der Waals surface area contributed by atoms with E-state index in [2.05, 4.69) is 9.71 Å². The second-order valence-electron chi connectivity index (χ2n) is 5.01. The van der Waals surface area contributed by atoms with E-state index in [0.29, 0.717) is 21.8 Å². The minimum absolute atomic E-state index is 0.0941. The molecular formula is C16H18N2O2S. The predicted octanol–water partition coefficient (Wildman–Crippen LogP) is 3.34. The molecule has 110 valence electrons. The van der Waals surface area contributed by atoms with E-state index in [-0.39, 0.29) is 5.78 Å². The number of pyridine rings is 1. The van der Waals surface area contributed by atoms with Crippen LogP contribution in [0.3, 0.4) is 0 Å². The number of anilines is 1. The molecule has 1 N–H and O–H groups in total. The summed E-state index contributed by atoms with van der Waals surface area (Å²) >= 11 is 0. The van der Waals surface area contributed by atoms with Crippen molar-refractivity contribution < 1.29 is 9.00 Å². The number of hydrogen-bond donors (Lipinski definition) is 1. The van der Waals surface area contributed by atoms with Gasteiger partial charge in [0.25, 0.3) is 0 Å². The first-order chi connectivity index (χ1) is 9.88. The largest absolute Gasteiger partial charge is 0.300 e. The number of aromatic nitrogens is 1. The van der Waals surface area contributed by atoms with Crippen LogP contribution >= 0.6 is 0 Å². The molecule has 1 heterocycles. The molecule has 1 aromatic heterocycles. The first-order valence-corrected chi connectivity index (χ1v) is 7.77. The molecule has 0 radical (unpaired) electrons. The number of Topliss-reactive ketones (excluding diaryl/α,β-unsaturated/α-hetero) is 1. The third-order valence-corrected chi connectivity index (χ3v) is 4.22. The first kappa shape index (κ1) is 15.4. The van der Waals surface area contributed by atoms with E-state index < -0.39 is 11.0 Å². The molecule has 0 aliphatic rings. The van der Waals surface area contributed by atoms with Crippen LogP contribution in [0.5, 0.6) is 0 Å². The van der Waals surface area contributed by atoms with Gasteiger partial charge in [-0.15, -0.1) is 0 Å². The van der Waals surface area contributed by atoms with Crippen molar-refractivity contribution in [1.29, 1.82) is 0 Å². The summed E-state index contributed by atoms with van der Waals surface area (Å²) in [5.74, 6) is -0.0941. The molecule has 0 fully saturated rings. The van der Waals surface area contributed by atoms with Crippen LogP contribution in [0, 0.1) is 20.8 Å². The van der Waals surface area contributed by atoms with E-state index in [9.17, 15) is 9.00 Å². The van der Waals surface area contributed by atoms with Gasteiger partial charge in [0.05, 0.1) is 21.8 Å². The molecule has 1 unspecified atom stereocenters. The topological polar surface area (TPSA) is 59.1 Å². The maximum absolute atomic E-state index is 12.4. The van der Waals surface area contributed by atoms with Gasteiger partial charge < -0.3 is 4.72 Å². The van der Waals surface area contributed by atoms with Crippen LogP contribution in [0.15, 0.2) is 35.2 Å². The van der Waals surface area contributed by atoms with E-state index in [1.165, 1.54) is 6.92 Å². The van der Waals surface area contributed by atoms with Crippen molar-refractivity contribution >= 4 is 22.5 Å². The third kappa shape index (κ3) is 3.55. The van der Waals surface area contributed by atoms with Crippen molar-refractivity contribution in [2.24, 2.45) is 0 Å².